The van der Waals surface area contributed by atoms with E-state index in [1.807, 2.05) is 27.7 Å². The van der Waals surface area contributed by atoms with E-state index in [1.165, 1.54) is 33.7 Å². The van der Waals surface area contributed by atoms with E-state index in [4.69, 9.17) is 4.98 Å². The van der Waals surface area contributed by atoms with Crippen molar-refractivity contribution in [1.82, 2.24) is 4.98 Å². The summed E-state index contributed by atoms with van der Waals surface area (Å²) in [6.45, 7) is 23.7. The Morgan fingerprint density at radius 3 is 1.98 bits per heavy atom. The van der Waals surface area contributed by atoms with Gasteiger partial charge >= 0.3 is 0 Å². The fourth-order valence-corrected chi connectivity index (χ4v) is 7.26. The number of rotatable bonds is 11. The van der Waals surface area contributed by atoms with Gasteiger partial charge in [-0.25, -0.2) is 0 Å². The van der Waals surface area contributed by atoms with Crippen LogP contribution in [0.3, 0.4) is 0 Å². The maximum absolute atomic E-state index is 11.7. The number of fused-ring (bicyclic) bond motifs is 1. The predicted molar refractivity (Wildman–Crippen MR) is 232 cm³/mol. The molecule has 56 heavy (non-hydrogen) atoms. The fraction of sp³-hybridized carbons (Fsp3) is 0.392. The minimum Gasteiger partial charge on any atom is -0.512 e. The Hall–Kier alpha value is -4.36. The summed E-state index contributed by atoms with van der Waals surface area (Å²) in [4.78, 5) is 16.4. The number of aliphatic hydroxyl groups excluding tert-OH is 1. The summed E-state index contributed by atoms with van der Waals surface area (Å²) >= 11 is 0. The van der Waals surface area contributed by atoms with E-state index in [0.717, 1.165) is 65.4 Å². The van der Waals surface area contributed by atoms with Crippen LogP contribution in [0.4, 0.5) is 0 Å². The van der Waals surface area contributed by atoms with Gasteiger partial charge in [-0.15, -0.1) is 29.1 Å². The molecule has 5 heteroatoms. The van der Waals surface area contributed by atoms with E-state index in [2.05, 4.69) is 139 Å². The first-order valence-corrected chi connectivity index (χ1v) is 20.0. The van der Waals surface area contributed by atoms with Gasteiger partial charge in [-0.3, -0.25) is 9.78 Å². The number of ketones is 1. The van der Waals surface area contributed by atoms with E-state index >= 15 is 0 Å². The molecule has 0 bridgehead atoms. The minimum absolute atomic E-state index is 0. The molecule has 0 atom stereocenters. The summed E-state index contributed by atoms with van der Waals surface area (Å²) in [5, 5.41) is 22.0. The molecule has 4 nitrogen and oxygen atoms in total. The maximum Gasteiger partial charge on any atom is 0.162 e. The van der Waals surface area contributed by atoms with Crippen LogP contribution in [-0.4, -0.2) is 15.9 Å². The quantitative estimate of drug-likeness (QED) is 0.0814. The molecule has 0 aliphatic heterocycles. The Morgan fingerprint density at radius 2 is 1.43 bits per heavy atom. The largest absolute Gasteiger partial charge is 0.512 e. The second kappa shape index (κ2) is 20.2. The average molecular weight is 926 g/mol. The molecule has 4 aromatic carbocycles. The Balaban J connectivity index is 0.000000448. The minimum atomic E-state index is -0.0315. The maximum atomic E-state index is 11.7. The molecule has 0 saturated heterocycles. The third-order valence-corrected chi connectivity index (χ3v) is 10.5. The first-order chi connectivity index (χ1) is 26.0. The predicted octanol–water partition coefficient (Wildman–Crippen LogP) is 14.0. The first kappa shape index (κ1) is 46.0. The second-order valence-electron chi connectivity index (χ2n) is 17.1. The van der Waals surface area contributed by atoms with Gasteiger partial charge in [0, 0.05) is 49.9 Å². The van der Waals surface area contributed by atoms with Crippen LogP contribution in [0.5, 0.6) is 0 Å². The topological polar surface area (TPSA) is 74.0 Å². The van der Waals surface area contributed by atoms with Gasteiger partial charge in [0.2, 0.25) is 0 Å². The third-order valence-electron chi connectivity index (χ3n) is 10.5. The number of carbonyl (C=O) groups is 1. The molecular formula is C51H61IrN2O2-. The van der Waals surface area contributed by atoms with Gasteiger partial charge in [0.15, 0.2) is 5.78 Å². The number of nitriles is 1. The van der Waals surface area contributed by atoms with Crippen molar-refractivity contribution in [3.8, 4) is 39.6 Å². The van der Waals surface area contributed by atoms with E-state index in [1.54, 1.807) is 6.20 Å². The summed E-state index contributed by atoms with van der Waals surface area (Å²) < 4.78 is 0. The number of benzene rings is 4. The van der Waals surface area contributed by atoms with Crippen molar-refractivity contribution in [3.05, 3.63) is 125 Å². The number of hydrogen-bond acceptors (Lipinski definition) is 4. The molecule has 5 aromatic rings. The molecular weight excluding hydrogens is 865 g/mol. The molecule has 5 rings (SSSR count). The molecule has 1 N–H and O–H groups in total. The Morgan fingerprint density at radius 1 is 0.821 bits per heavy atom. The van der Waals surface area contributed by atoms with Crippen LogP contribution >= 0.6 is 0 Å². The number of carbonyl (C=O) groups excluding carboxylic acids is 1. The first-order valence-electron chi connectivity index (χ1n) is 20.0. The van der Waals surface area contributed by atoms with Crippen LogP contribution in [0.1, 0.15) is 117 Å². The molecule has 297 valence electrons. The number of aromatic nitrogens is 1. The summed E-state index contributed by atoms with van der Waals surface area (Å²) in [7, 11) is 0. The van der Waals surface area contributed by atoms with Crippen molar-refractivity contribution < 1.29 is 30.0 Å². The SMILES string of the molecule is CCC(CC)C(=O)/C=C(\O)C(CC)CC.Cc1cc(-c2ccc(CC(C)(C)C)cc2)ccc1-c1cc(-c2[c-]c3ccccc3c(C(C)(C)C)c2)ncc1C#N.[Ir]. The fourth-order valence-electron chi connectivity index (χ4n) is 7.26. The molecule has 0 saturated carbocycles. The monoisotopic (exact) mass is 926 g/mol. The third kappa shape index (κ3) is 11.8. The molecule has 0 aliphatic carbocycles. The van der Waals surface area contributed by atoms with E-state index in [-0.39, 0.29) is 54.3 Å². The van der Waals surface area contributed by atoms with Crippen LogP contribution in [0, 0.1) is 41.6 Å². The van der Waals surface area contributed by atoms with Crippen molar-refractivity contribution in [2.75, 3.05) is 0 Å². The Bertz CT molecular complexity index is 2150. The van der Waals surface area contributed by atoms with Crippen LogP contribution in [0.15, 0.2) is 96.9 Å². The molecule has 0 spiro atoms. The van der Waals surface area contributed by atoms with Gasteiger partial charge in [0.25, 0.3) is 0 Å². The van der Waals surface area contributed by atoms with Crippen molar-refractivity contribution in [2.45, 2.75) is 114 Å². The van der Waals surface area contributed by atoms with Crippen molar-refractivity contribution in [1.29, 1.82) is 5.26 Å². The van der Waals surface area contributed by atoms with E-state index in [0.29, 0.717) is 5.56 Å². The zero-order valence-electron chi connectivity index (χ0n) is 35.4. The van der Waals surface area contributed by atoms with Gasteiger partial charge in [0.1, 0.15) is 6.07 Å². The smallest absolute Gasteiger partial charge is 0.162 e. The molecule has 0 amide bonds. The Kier molecular flexibility index (Phi) is 16.6. The molecule has 1 radical (unpaired) electrons. The van der Waals surface area contributed by atoms with Gasteiger partial charge in [-0.2, -0.15) is 5.26 Å². The van der Waals surface area contributed by atoms with Crippen molar-refractivity contribution in [2.24, 2.45) is 17.3 Å². The normalized spacial score (nSPS) is 11.9. The van der Waals surface area contributed by atoms with Gasteiger partial charge < -0.3 is 5.11 Å². The van der Waals surface area contributed by atoms with Crippen LogP contribution in [-0.2, 0) is 36.7 Å². The Labute approximate surface area is 350 Å². The van der Waals surface area contributed by atoms with E-state index < -0.39 is 0 Å². The molecule has 0 fully saturated rings. The van der Waals surface area contributed by atoms with Gasteiger partial charge in [0.05, 0.1) is 11.3 Å². The number of allylic oxidation sites excluding steroid dienone is 2. The molecule has 0 unspecified atom stereocenters. The van der Waals surface area contributed by atoms with Crippen LogP contribution in [0.2, 0.25) is 0 Å². The summed E-state index contributed by atoms with van der Waals surface area (Å²) in [5.41, 5.74) is 10.6. The average Bonchev–Trinajstić information content (AvgIpc) is 3.14. The molecule has 1 heterocycles. The molecule has 1 aromatic heterocycles. The number of aliphatic hydroxyl groups is 1. The van der Waals surface area contributed by atoms with E-state index in [9.17, 15) is 15.2 Å². The summed E-state index contributed by atoms with van der Waals surface area (Å²) in [6, 6.07) is 34.0. The zero-order valence-corrected chi connectivity index (χ0v) is 37.8. The summed E-state index contributed by atoms with van der Waals surface area (Å²) in [5.74, 6) is 0.547. The van der Waals surface area contributed by atoms with Crippen LogP contribution < -0.4 is 0 Å². The number of pyridine rings is 1. The second-order valence-corrected chi connectivity index (χ2v) is 17.1. The zero-order chi connectivity index (χ0) is 40.5. The molecule has 0 aliphatic rings. The number of aryl methyl sites for hydroxylation is 1. The summed E-state index contributed by atoms with van der Waals surface area (Å²) in [6.07, 6.45) is 7.66. The standard InChI is InChI=1S/C38H37N2.C13H24O2.Ir/c1-25-18-28(27-14-12-26(13-15-27)22-37(2,3)4)16-17-32(25)34-21-36(40-24-31(34)23-39)30-19-29-10-8-9-11-33(29)35(20-30)38(5,6)7;1-5-10(6-2)12(14)9-13(15)11(7-3)8-4;/h8-18,20-21,24H,22H2,1-7H3;9-11,14H,5-8H2,1-4H3;/q-1;;/b;12-9-;. The van der Waals surface area contributed by atoms with Gasteiger partial charge in [-0.1, -0.05) is 147 Å². The number of nitrogens with zero attached hydrogens (tertiary/aromatic N) is 2. The van der Waals surface area contributed by atoms with Gasteiger partial charge in [-0.05, 0) is 83.2 Å². The van der Waals surface area contributed by atoms with Crippen molar-refractivity contribution >= 4 is 16.6 Å². The van der Waals surface area contributed by atoms with Crippen LogP contribution in [0.25, 0.3) is 44.3 Å². The number of hydrogen-bond donors (Lipinski definition) is 1. The van der Waals surface area contributed by atoms with Crippen molar-refractivity contribution in [3.63, 3.8) is 0 Å².